The summed E-state index contributed by atoms with van der Waals surface area (Å²) in [5, 5.41) is 5.88. The van der Waals surface area contributed by atoms with Gasteiger partial charge in [-0.05, 0) is 67.6 Å². The molecule has 0 unspecified atom stereocenters. The Bertz CT molecular complexity index is 1120. The van der Waals surface area contributed by atoms with Gasteiger partial charge < -0.3 is 20.1 Å². The quantitative estimate of drug-likeness (QED) is 0.158. The molecular weight excluding hydrogens is 484 g/mol. The topological polar surface area (TPSA) is 76.7 Å². The molecule has 37 heavy (non-hydrogen) atoms. The normalized spacial score (nSPS) is 10.4. The molecule has 3 aromatic carbocycles. The van der Waals surface area contributed by atoms with Gasteiger partial charge in [-0.15, -0.1) is 0 Å². The molecule has 0 radical (unpaired) electrons. The number of amides is 1. The molecule has 0 spiro atoms. The van der Waals surface area contributed by atoms with E-state index in [9.17, 15) is 9.59 Å². The maximum atomic E-state index is 12.3. The Morgan fingerprint density at radius 3 is 1.97 bits per heavy atom. The molecule has 0 atom stereocenters. The van der Waals surface area contributed by atoms with Gasteiger partial charge in [0.05, 0.1) is 18.9 Å². The summed E-state index contributed by atoms with van der Waals surface area (Å²) >= 11 is 5.29. The van der Waals surface area contributed by atoms with E-state index in [0.717, 1.165) is 25.7 Å². The number of carbonyl (C=O) groups excluding carboxylic acids is 2. The molecule has 6 nitrogen and oxygen atoms in total. The highest BCUT2D eigenvalue weighted by Gasteiger charge is 2.10. The Morgan fingerprint density at radius 1 is 0.703 bits per heavy atom. The largest absolute Gasteiger partial charge is 0.491 e. The van der Waals surface area contributed by atoms with Crippen molar-refractivity contribution in [3.8, 4) is 5.75 Å². The van der Waals surface area contributed by atoms with E-state index in [-0.39, 0.29) is 29.8 Å². The predicted molar refractivity (Wildman–Crippen MR) is 151 cm³/mol. The van der Waals surface area contributed by atoms with Crippen molar-refractivity contribution in [2.45, 2.75) is 44.9 Å². The van der Waals surface area contributed by atoms with E-state index in [1.54, 1.807) is 0 Å². The van der Waals surface area contributed by atoms with Gasteiger partial charge in [0.15, 0.2) is 5.11 Å². The van der Waals surface area contributed by atoms with E-state index in [1.165, 1.54) is 11.1 Å². The minimum atomic E-state index is -0.292. The van der Waals surface area contributed by atoms with Crippen LogP contribution in [0.2, 0.25) is 0 Å². The van der Waals surface area contributed by atoms with Gasteiger partial charge >= 0.3 is 5.97 Å². The van der Waals surface area contributed by atoms with Crippen LogP contribution in [-0.2, 0) is 27.2 Å². The molecule has 0 saturated heterocycles. The zero-order valence-electron chi connectivity index (χ0n) is 21.0. The Balaban J connectivity index is 1.29. The molecular formula is C30H34N2O4S. The first kappa shape index (κ1) is 27.9. The number of benzene rings is 3. The van der Waals surface area contributed by atoms with E-state index in [4.69, 9.17) is 21.7 Å². The molecule has 3 rings (SSSR count). The van der Waals surface area contributed by atoms with Crippen molar-refractivity contribution in [1.29, 1.82) is 0 Å². The molecule has 1 amide bonds. The van der Waals surface area contributed by atoms with Gasteiger partial charge in [-0.3, -0.25) is 9.59 Å². The lowest BCUT2D eigenvalue weighted by molar-refractivity contribution is -0.143. The number of hydrogen-bond acceptors (Lipinski definition) is 5. The number of aryl methyl sites for hydroxylation is 2. The number of esters is 1. The molecule has 0 saturated carbocycles. The van der Waals surface area contributed by atoms with Crippen molar-refractivity contribution in [1.82, 2.24) is 5.32 Å². The lowest BCUT2D eigenvalue weighted by Crippen LogP contribution is -2.34. The van der Waals surface area contributed by atoms with Crippen LogP contribution in [0.3, 0.4) is 0 Å². The van der Waals surface area contributed by atoms with Crippen molar-refractivity contribution >= 4 is 34.9 Å². The van der Waals surface area contributed by atoms with Crippen molar-refractivity contribution in [3.63, 3.8) is 0 Å². The van der Waals surface area contributed by atoms with Crippen LogP contribution in [0.4, 0.5) is 5.69 Å². The molecule has 194 valence electrons. The van der Waals surface area contributed by atoms with Crippen LogP contribution in [0.25, 0.3) is 0 Å². The molecule has 2 N–H and O–H groups in total. The lowest BCUT2D eigenvalue weighted by atomic mass is 10.1. The number of para-hydroxylation sites is 2. The van der Waals surface area contributed by atoms with E-state index < -0.39 is 0 Å². The first-order valence-electron chi connectivity index (χ1n) is 12.7. The minimum Gasteiger partial charge on any atom is -0.491 e. The number of thiocarbonyl (C=S) groups is 1. The fraction of sp³-hybridized carbons (Fsp3) is 0.300. The van der Waals surface area contributed by atoms with Crippen molar-refractivity contribution in [2.75, 3.05) is 18.5 Å². The van der Waals surface area contributed by atoms with Gasteiger partial charge in [-0.2, -0.15) is 0 Å². The van der Waals surface area contributed by atoms with Crippen LogP contribution < -0.4 is 15.4 Å². The van der Waals surface area contributed by atoms with Gasteiger partial charge in [0, 0.05) is 12.8 Å². The van der Waals surface area contributed by atoms with Crippen LogP contribution in [0.15, 0.2) is 84.9 Å². The summed E-state index contributed by atoms with van der Waals surface area (Å²) in [5.74, 6) is 0.123. The van der Waals surface area contributed by atoms with Gasteiger partial charge in [-0.25, -0.2) is 0 Å². The highest BCUT2D eigenvalue weighted by atomic mass is 32.1. The van der Waals surface area contributed by atoms with Crippen molar-refractivity contribution < 1.29 is 19.1 Å². The molecule has 0 fully saturated rings. The summed E-state index contributed by atoms with van der Waals surface area (Å²) < 4.78 is 11.2. The van der Waals surface area contributed by atoms with E-state index in [2.05, 4.69) is 34.9 Å². The Morgan fingerprint density at radius 2 is 1.30 bits per heavy atom. The van der Waals surface area contributed by atoms with Crippen LogP contribution in [0, 0.1) is 0 Å². The predicted octanol–water partition coefficient (Wildman–Crippen LogP) is 5.86. The molecule has 3 aromatic rings. The van der Waals surface area contributed by atoms with E-state index in [1.807, 2.05) is 60.7 Å². The standard InChI is InChI=1S/C30H34N2O4S/c33-28(20-9-21-29(34)36-23-11-17-25-14-5-2-6-15-25)32-30(37)31-26-18-7-8-19-27(26)35-22-10-16-24-12-3-1-4-13-24/h1-8,12-15,18-19H,9-11,16-17,20-23H2,(H2,31,32,33,37). The average Bonchev–Trinajstić information content (AvgIpc) is 2.91. The summed E-state index contributed by atoms with van der Waals surface area (Å²) in [6, 6.07) is 27.8. The van der Waals surface area contributed by atoms with E-state index >= 15 is 0 Å². The maximum absolute atomic E-state index is 12.3. The van der Waals surface area contributed by atoms with E-state index in [0.29, 0.717) is 31.1 Å². The van der Waals surface area contributed by atoms with Crippen LogP contribution in [0.1, 0.15) is 43.2 Å². The first-order valence-corrected chi connectivity index (χ1v) is 13.1. The van der Waals surface area contributed by atoms with Crippen LogP contribution in [-0.4, -0.2) is 30.2 Å². The number of ether oxygens (including phenoxy) is 2. The van der Waals surface area contributed by atoms with Gasteiger partial charge in [0.2, 0.25) is 5.91 Å². The fourth-order valence-electron chi connectivity index (χ4n) is 3.71. The Hall–Kier alpha value is -3.71. The van der Waals surface area contributed by atoms with Crippen molar-refractivity contribution in [2.24, 2.45) is 0 Å². The third kappa shape index (κ3) is 11.3. The highest BCUT2D eigenvalue weighted by Crippen LogP contribution is 2.24. The smallest absolute Gasteiger partial charge is 0.305 e. The first-order chi connectivity index (χ1) is 18.1. The monoisotopic (exact) mass is 518 g/mol. The van der Waals surface area contributed by atoms with Gasteiger partial charge in [0.1, 0.15) is 5.75 Å². The molecule has 0 aliphatic rings. The third-order valence-corrected chi connectivity index (χ3v) is 5.80. The summed E-state index contributed by atoms with van der Waals surface area (Å²) in [7, 11) is 0. The minimum absolute atomic E-state index is 0.179. The zero-order valence-corrected chi connectivity index (χ0v) is 21.8. The van der Waals surface area contributed by atoms with Crippen LogP contribution in [0.5, 0.6) is 5.75 Å². The lowest BCUT2D eigenvalue weighted by Gasteiger charge is -2.14. The summed E-state index contributed by atoms with van der Waals surface area (Å²) in [5.41, 5.74) is 3.18. The third-order valence-electron chi connectivity index (χ3n) is 5.60. The number of nitrogens with one attached hydrogen (secondary N) is 2. The SMILES string of the molecule is O=C(CCCC(=O)OCCCc1ccccc1)NC(=S)Nc1ccccc1OCCCc1ccccc1. The molecule has 0 aliphatic carbocycles. The highest BCUT2D eigenvalue weighted by molar-refractivity contribution is 7.80. The molecule has 0 bridgehead atoms. The summed E-state index contributed by atoms with van der Waals surface area (Å²) in [6.45, 7) is 0.941. The Kier molecular flexibility index (Phi) is 12.1. The molecule has 0 aromatic heterocycles. The zero-order chi connectivity index (χ0) is 26.1. The fourth-order valence-corrected chi connectivity index (χ4v) is 3.94. The molecule has 7 heteroatoms. The second-order valence-electron chi connectivity index (χ2n) is 8.60. The number of hydrogen-bond donors (Lipinski definition) is 2. The summed E-state index contributed by atoms with van der Waals surface area (Å²) in [4.78, 5) is 24.2. The summed E-state index contributed by atoms with van der Waals surface area (Å²) in [6.07, 6.45) is 4.22. The van der Waals surface area contributed by atoms with Gasteiger partial charge in [0.25, 0.3) is 0 Å². The van der Waals surface area contributed by atoms with Crippen LogP contribution >= 0.6 is 12.2 Å². The number of carbonyl (C=O) groups is 2. The molecule has 0 aliphatic heterocycles. The molecule has 0 heterocycles. The Labute approximate surface area is 224 Å². The maximum Gasteiger partial charge on any atom is 0.305 e. The second-order valence-corrected chi connectivity index (χ2v) is 9.01. The average molecular weight is 519 g/mol. The van der Waals surface area contributed by atoms with Gasteiger partial charge in [-0.1, -0.05) is 72.8 Å². The second kappa shape index (κ2) is 16.1. The number of anilines is 1. The van der Waals surface area contributed by atoms with Crippen molar-refractivity contribution in [3.05, 3.63) is 96.1 Å². The number of rotatable bonds is 14.